The van der Waals surface area contributed by atoms with E-state index < -0.39 is 6.10 Å². The Kier molecular flexibility index (Phi) is 13.4. The average Bonchev–Trinajstić information content (AvgIpc) is 2.83. The summed E-state index contributed by atoms with van der Waals surface area (Å²) in [6.07, 6.45) is 24.7. The Morgan fingerprint density at radius 1 is 0.971 bits per heavy atom. The zero-order valence-electron chi connectivity index (χ0n) is 21.6. The van der Waals surface area contributed by atoms with Crippen LogP contribution >= 0.6 is 0 Å². The minimum atomic E-state index is -0.609. The zero-order valence-corrected chi connectivity index (χ0v) is 21.6. The first kappa shape index (κ1) is 28.8. The Balaban J connectivity index is 1.79. The number of hydrogen-bond acceptors (Lipinski definition) is 5. The molecule has 2 N–H and O–H groups in total. The summed E-state index contributed by atoms with van der Waals surface area (Å²) in [7, 11) is 1.36. The van der Waals surface area contributed by atoms with Gasteiger partial charge in [-0.15, -0.1) is 0 Å². The summed E-state index contributed by atoms with van der Waals surface area (Å²) in [5.74, 6) is 0.128. The van der Waals surface area contributed by atoms with Gasteiger partial charge in [0.05, 0.1) is 13.2 Å². The SMILES string of the molecule is CCCCCCCCCC[C@@H](CCC[C@@H](O)/C=C\C1=CC(O)=C(OC)C(=O)C1)C1=CCC(=O)C=C1. The van der Waals surface area contributed by atoms with Crippen molar-refractivity contribution in [3.8, 4) is 0 Å². The highest BCUT2D eigenvalue weighted by Crippen LogP contribution is 2.29. The number of hydrogen-bond donors (Lipinski definition) is 2. The monoisotopic (exact) mass is 484 g/mol. The maximum atomic E-state index is 12.0. The predicted octanol–water partition coefficient (Wildman–Crippen LogP) is 6.99. The minimum Gasteiger partial charge on any atom is -0.504 e. The van der Waals surface area contributed by atoms with Crippen LogP contribution < -0.4 is 0 Å². The fraction of sp³-hybridized carbons (Fsp3) is 0.600. The molecule has 2 aliphatic rings. The van der Waals surface area contributed by atoms with Crippen LogP contribution in [0.25, 0.3) is 0 Å². The molecule has 2 aliphatic carbocycles. The third-order valence-corrected chi connectivity index (χ3v) is 6.84. The fourth-order valence-corrected chi connectivity index (χ4v) is 4.78. The van der Waals surface area contributed by atoms with Crippen LogP contribution in [0.5, 0.6) is 0 Å². The van der Waals surface area contributed by atoms with E-state index in [4.69, 9.17) is 4.74 Å². The van der Waals surface area contributed by atoms with Gasteiger partial charge in [-0.2, -0.15) is 0 Å². The first-order valence-corrected chi connectivity index (χ1v) is 13.4. The molecular weight excluding hydrogens is 440 g/mol. The molecule has 0 aromatic rings. The lowest BCUT2D eigenvalue weighted by atomic mass is 9.85. The van der Waals surface area contributed by atoms with E-state index in [9.17, 15) is 19.8 Å². The number of allylic oxidation sites excluding steroid dienone is 8. The van der Waals surface area contributed by atoms with E-state index in [1.54, 1.807) is 18.2 Å². The van der Waals surface area contributed by atoms with Crippen molar-refractivity contribution in [3.63, 3.8) is 0 Å². The van der Waals surface area contributed by atoms with Gasteiger partial charge in [-0.1, -0.05) is 82.6 Å². The van der Waals surface area contributed by atoms with Crippen molar-refractivity contribution in [2.75, 3.05) is 7.11 Å². The van der Waals surface area contributed by atoms with Crippen LogP contribution in [0.2, 0.25) is 0 Å². The molecule has 0 fully saturated rings. The van der Waals surface area contributed by atoms with Crippen molar-refractivity contribution in [2.24, 2.45) is 5.92 Å². The number of ketones is 2. The number of Topliss-reactive ketones (excluding diaryl/α,β-unsaturated/α-hetero) is 1. The zero-order chi connectivity index (χ0) is 25.5. The van der Waals surface area contributed by atoms with Crippen LogP contribution in [0.1, 0.15) is 96.8 Å². The number of rotatable bonds is 17. The molecule has 2 atom stereocenters. The molecule has 5 nitrogen and oxygen atoms in total. The van der Waals surface area contributed by atoms with Gasteiger partial charge in [-0.3, -0.25) is 9.59 Å². The third-order valence-electron chi connectivity index (χ3n) is 6.84. The van der Waals surface area contributed by atoms with Crippen molar-refractivity contribution >= 4 is 11.6 Å². The highest BCUT2D eigenvalue weighted by Gasteiger charge is 2.21. The smallest absolute Gasteiger partial charge is 0.205 e. The van der Waals surface area contributed by atoms with Crippen LogP contribution in [-0.2, 0) is 14.3 Å². The van der Waals surface area contributed by atoms with E-state index in [-0.39, 0.29) is 29.5 Å². The Labute approximate surface area is 211 Å². The van der Waals surface area contributed by atoms with Gasteiger partial charge in [0.2, 0.25) is 11.5 Å². The summed E-state index contributed by atoms with van der Waals surface area (Å²) < 4.78 is 4.92. The number of aliphatic hydroxyl groups excluding tert-OH is 2. The van der Waals surface area contributed by atoms with Crippen molar-refractivity contribution in [1.82, 2.24) is 0 Å². The molecule has 0 unspecified atom stereocenters. The lowest BCUT2D eigenvalue weighted by Crippen LogP contribution is -2.13. The molecule has 0 amide bonds. The number of carbonyl (C=O) groups excluding carboxylic acids is 2. The minimum absolute atomic E-state index is 0.0157. The normalized spacial score (nSPS) is 18.1. The van der Waals surface area contributed by atoms with E-state index in [0.29, 0.717) is 24.3 Å². The highest BCUT2D eigenvalue weighted by molar-refractivity contribution is 5.97. The fourth-order valence-electron chi connectivity index (χ4n) is 4.78. The van der Waals surface area contributed by atoms with E-state index in [0.717, 1.165) is 19.3 Å². The molecule has 0 heterocycles. The van der Waals surface area contributed by atoms with Crippen LogP contribution in [0.4, 0.5) is 0 Å². The number of unbranched alkanes of at least 4 members (excludes halogenated alkanes) is 7. The number of methoxy groups -OCH3 is 1. The second-order valence-corrected chi connectivity index (χ2v) is 9.76. The lowest BCUT2D eigenvalue weighted by Gasteiger charge is -2.20. The number of aliphatic hydroxyl groups is 2. The first-order chi connectivity index (χ1) is 16.9. The Morgan fingerprint density at radius 3 is 2.29 bits per heavy atom. The van der Waals surface area contributed by atoms with E-state index in [1.165, 1.54) is 70.1 Å². The Morgan fingerprint density at radius 2 is 1.66 bits per heavy atom. The highest BCUT2D eigenvalue weighted by atomic mass is 16.5. The molecule has 0 bridgehead atoms. The molecule has 0 aromatic heterocycles. The predicted molar refractivity (Wildman–Crippen MR) is 141 cm³/mol. The molecule has 0 saturated heterocycles. The van der Waals surface area contributed by atoms with Crippen LogP contribution in [0.15, 0.2) is 59.1 Å². The summed E-state index contributed by atoms with van der Waals surface area (Å²) in [6, 6.07) is 0. The second kappa shape index (κ2) is 16.3. The van der Waals surface area contributed by atoms with Gasteiger partial charge in [0.25, 0.3) is 0 Å². The summed E-state index contributed by atoms with van der Waals surface area (Å²) in [4.78, 5) is 23.6. The molecule has 0 spiro atoms. The van der Waals surface area contributed by atoms with Gasteiger partial charge in [-0.25, -0.2) is 0 Å². The van der Waals surface area contributed by atoms with Gasteiger partial charge in [-0.05, 0) is 54.9 Å². The van der Waals surface area contributed by atoms with E-state index in [2.05, 4.69) is 13.0 Å². The number of ether oxygens (including phenoxy) is 1. The molecule has 35 heavy (non-hydrogen) atoms. The van der Waals surface area contributed by atoms with Gasteiger partial charge in [0, 0.05) is 12.8 Å². The maximum Gasteiger partial charge on any atom is 0.205 e. The molecule has 0 radical (unpaired) electrons. The maximum absolute atomic E-state index is 12.0. The molecule has 0 saturated carbocycles. The molecule has 0 aromatic carbocycles. The topological polar surface area (TPSA) is 83.8 Å². The van der Waals surface area contributed by atoms with Crippen molar-refractivity contribution < 1.29 is 24.5 Å². The molecule has 5 heteroatoms. The average molecular weight is 485 g/mol. The summed E-state index contributed by atoms with van der Waals surface area (Å²) in [5, 5.41) is 20.3. The van der Waals surface area contributed by atoms with Gasteiger partial charge in [0.15, 0.2) is 11.5 Å². The van der Waals surface area contributed by atoms with Crippen molar-refractivity contribution in [3.05, 3.63) is 59.1 Å². The van der Waals surface area contributed by atoms with E-state index in [1.807, 2.05) is 6.08 Å². The first-order valence-electron chi connectivity index (χ1n) is 13.4. The quantitative estimate of drug-likeness (QED) is 0.217. The standard InChI is InChI=1S/C30H44O5/c1-3-4-5-6-7-8-9-10-12-24(25-16-19-27(32)20-17-25)13-11-14-26(31)18-15-23-21-28(33)30(35-2)29(34)22-23/h15-19,21,24,26,31,33H,3-14,20,22H2,1-2H3/b18-15-/t24-,26+/m0/s1. The molecule has 2 rings (SSSR count). The Hall–Kier alpha value is -2.40. The van der Waals surface area contributed by atoms with E-state index >= 15 is 0 Å². The largest absolute Gasteiger partial charge is 0.504 e. The Bertz CT molecular complexity index is 843. The van der Waals surface area contributed by atoms with Crippen LogP contribution in [0, 0.1) is 5.92 Å². The van der Waals surface area contributed by atoms with Gasteiger partial charge < -0.3 is 14.9 Å². The molecule has 0 aliphatic heterocycles. The lowest BCUT2D eigenvalue weighted by molar-refractivity contribution is -0.118. The second-order valence-electron chi connectivity index (χ2n) is 9.76. The number of carbonyl (C=O) groups is 2. The third kappa shape index (κ3) is 10.8. The van der Waals surface area contributed by atoms with Crippen molar-refractivity contribution in [1.29, 1.82) is 0 Å². The summed E-state index contributed by atoms with van der Waals surface area (Å²) >= 11 is 0. The van der Waals surface area contributed by atoms with Crippen molar-refractivity contribution in [2.45, 2.75) is 103 Å². The molecular formula is C30H44O5. The van der Waals surface area contributed by atoms with Crippen LogP contribution in [-0.4, -0.2) is 35.0 Å². The summed E-state index contributed by atoms with van der Waals surface area (Å²) in [6.45, 7) is 2.24. The molecule has 194 valence electrons. The van der Waals surface area contributed by atoms with Gasteiger partial charge in [0.1, 0.15) is 0 Å². The van der Waals surface area contributed by atoms with Gasteiger partial charge >= 0.3 is 0 Å². The van der Waals surface area contributed by atoms with Crippen LogP contribution in [0.3, 0.4) is 0 Å². The summed E-state index contributed by atoms with van der Waals surface area (Å²) in [5.41, 5.74) is 1.92.